The molecule has 0 radical (unpaired) electrons. The van der Waals surface area contributed by atoms with E-state index in [9.17, 15) is 9.59 Å². The Morgan fingerprint density at radius 2 is 0.900 bits per heavy atom. The van der Waals surface area contributed by atoms with Gasteiger partial charge in [0.05, 0.1) is 11.4 Å². The highest BCUT2D eigenvalue weighted by molar-refractivity contribution is 8.76. The van der Waals surface area contributed by atoms with Gasteiger partial charge in [0.1, 0.15) is 0 Å². The van der Waals surface area contributed by atoms with Crippen molar-refractivity contribution in [3.8, 4) is 0 Å². The summed E-state index contributed by atoms with van der Waals surface area (Å²) in [4.78, 5) is 28.4. The Morgan fingerprint density at radius 3 is 1.23 bits per heavy atom. The van der Waals surface area contributed by atoms with E-state index in [0.717, 1.165) is 72.5 Å². The summed E-state index contributed by atoms with van der Waals surface area (Å²) in [5, 5.41) is 6.46. The molecule has 0 spiro atoms. The van der Waals surface area contributed by atoms with Gasteiger partial charge in [-0.1, -0.05) is 87.4 Å². The van der Waals surface area contributed by atoms with Crippen LogP contribution in [0.3, 0.4) is 0 Å². The van der Waals surface area contributed by atoms with Crippen LogP contribution in [0.25, 0.3) is 0 Å². The standard InChI is InChI=1S/C34H48N2O2S2/c1-33(2,3)25-19-15-23(16-20-25)31(37)35-27-11-7-9-13-29(27)39-40-30-14-10-8-12-28(30)36-32(38)24-17-21-26(22-18-24)34(4,5)6/h7-14,23-26H,15-22H2,1-6H3,(H,35,37)(H,36,38). The van der Waals surface area contributed by atoms with E-state index in [-0.39, 0.29) is 23.7 Å². The Balaban J connectivity index is 1.34. The molecule has 4 nitrogen and oxygen atoms in total. The Hall–Kier alpha value is -1.92. The molecule has 0 aromatic heterocycles. The lowest BCUT2D eigenvalue weighted by Crippen LogP contribution is -2.31. The van der Waals surface area contributed by atoms with Crippen LogP contribution in [0.1, 0.15) is 92.9 Å². The molecule has 6 heteroatoms. The van der Waals surface area contributed by atoms with Crippen molar-refractivity contribution in [3.05, 3.63) is 48.5 Å². The van der Waals surface area contributed by atoms with Crippen LogP contribution >= 0.6 is 21.6 Å². The highest BCUT2D eigenvalue weighted by atomic mass is 33.1. The summed E-state index contributed by atoms with van der Waals surface area (Å²) in [6, 6.07) is 16.1. The van der Waals surface area contributed by atoms with E-state index in [1.165, 1.54) is 0 Å². The van der Waals surface area contributed by atoms with Crippen molar-refractivity contribution in [1.82, 2.24) is 0 Å². The van der Waals surface area contributed by atoms with Crippen LogP contribution in [0.4, 0.5) is 11.4 Å². The van der Waals surface area contributed by atoms with Crippen LogP contribution < -0.4 is 10.6 Å². The Morgan fingerprint density at radius 1 is 0.575 bits per heavy atom. The monoisotopic (exact) mass is 580 g/mol. The van der Waals surface area contributed by atoms with Crippen molar-refractivity contribution in [3.63, 3.8) is 0 Å². The first kappa shape index (κ1) is 31.0. The number of anilines is 2. The number of benzene rings is 2. The summed E-state index contributed by atoms with van der Waals surface area (Å²) in [6.45, 7) is 13.9. The molecule has 2 aromatic carbocycles. The lowest BCUT2D eigenvalue weighted by Gasteiger charge is -2.36. The number of nitrogens with one attached hydrogen (secondary N) is 2. The second kappa shape index (κ2) is 13.4. The predicted octanol–water partition coefficient (Wildman–Crippen LogP) is 10.1. The molecule has 4 rings (SSSR count). The summed E-state index contributed by atoms with van der Waals surface area (Å²) >= 11 is 0. The van der Waals surface area contributed by atoms with Gasteiger partial charge in [0.25, 0.3) is 0 Å². The molecular formula is C34H48N2O2S2. The molecule has 2 fully saturated rings. The van der Waals surface area contributed by atoms with E-state index in [1.807, 2.05) is 36.4 Å². The number of rotatable bonds is 7. The zero-order valence-electron chi connectivity index (χ0n) is 25.2. The first-order valence-corrected chi connectivity index (χ1v) is 17.2. The molecule has 0 aliphatic heterocycles. The molecule has 40 heavy (non-hydrogen) atoms. The normalized spacial score (nSPS) is 23.9. The fraction of sp³-hybridized carbons (Fsp3) is 0.588. The van der Waals surface area contributed by atoms with Crippen molar-refractivity contribution in [1.29, 1.82) is 0 Å². The van der Waals surface area contributed by atoms with Gasteiger partial charge in [0.2, 0.25) is 11.8 Å². The van der Waals surface area contributed by atoms with Gasteiger partial charge in [-0.3, -0.25) is 9.59 Å². The molecule has 0 saturated heterocycles. The number of carbonyl (C=O) groups excluding carboxylic acids is 2. The minimum atomic E-state index is 0.0821. The second-order valence-corrected chi connectivity index (χ2v) is 16.2. The first-order valence-electron chi connectivity index (χ1n) is 15.1. The van der Waals surface area contributed by atoms with Crippen LogP contribution in [0, 0.1) is 34.5 Å². The Labute approximate surface area is 250 Å². The van der Waals surface area contributed by atoms with E-state index < -0.39 is 0 Å². The van der Waals surface area contributed by atoms with Gasteiger partial charge in [-0.05, 0) is 98.3 Å². The van der Waals surface area contributed by atoms with Crippen molar-refractivity contribution in [2.24, 2.45) is 34.5 Å². The summed E-state index contributed by atoms with van der Waals surface area (Å²) in [5.74, 6) is 1.82. The van der Waals surface area contributed by atoms with E-state index in [4.69, 9.17) is 0 Å². The number of hydrogen-bond acceptors (Lipinski definition) is 4. The average Bonchev–Trinajstić information content (AvgIpc) is 2.92. The molecule has 2 aliphatic carbocycles. The zero-order valence-corrected chi connectivity index (χ0v) is 26.9. The van der Waals surface area contributed by atoms with Gasteiger partial charge in [0.15, 0.2) is 0 Å². The summed E-state index contributed by atoms with van der Waals surface area (Å²) < 4.78 is 0. The lowest BCUT2D eigenvalue weighted by atomic mass is 9.69. The molecule has 0 bridgehead atoms. The third kappa shape index (κ3) is 8.31. The van der Waals surface area contributed by atoms with E-state index in [1.54, 1.807) is 21.6 Å². The fourth-order valence-electron chi connectivity index (χ4n) is 6.29. The number of para-hydroxylation sites is 2. The molecular weight excluding hydrogens is 533 g/mol. The van der Waals surface area contributed by atoms with Gasteiger partial charge in [-0.15, -0.1) is 0 Å². The molecule has 2 aliphatic rings. The average molecular weight is 581 g/mol. The maximum absolute atomic E-state index is 13.2. The Kier molecular flexibility index (Phi) is 10.4. The minimum Gasteiger partial charge on any atom is -0.325 e. The predicted molar refractivity (Wildman–Crippen MR) is 172 cm³/mol. The summed E-state index contributed by atoms with van der Waals surface area (Å²) in [7, 11) is 3.25. The molecule has 2 amide bonds. The van der Waals surface area contributed by atoms with Crippen molar-refractivity contribution in [2.75, 3.05) is 10.6 Å². The SMILES string of the molecule is CC(C)(C)C1CCC(C(=O)Nc2ccccc2SSc2ccccc2NC(=O)C2CCC(C(C)(C)C)CC2)CC1. The van der Waals surface area contributed by atoms with Crippen molar-refractivity contribution in [2.45, 2.75) is 103 Å². The van der Waals surface area contributed by atoms with E-state index >= 15 is 0 Å². The molecule has 0 heterocycles. The van der Waals surface area contributed by atoms with E-state index in [2.05, 4.69) is 64.3 Å². The van der Waals surface area contributed by atoms with Gasteiger partial charge in [-0.25, -0.2) is 0 Å². The van der Waals surface area contributed by atoms with Crippen LogP contribution in [-0.2, 0) is 9.59 Å². The molecule has 2 N–H and O–H groups in total. The van der Waals surface area contributed by atoms with Gasteiger partial charge in [-0.2, -0.15) is 0 Å². The van der Waals surface area contributed by atoms with Crippen LogP contribution in [0.2, 0.25) is 0 Å². The van der Waals surface area contributed by atoms with Gasteiger partial charge < -0.3 is 10.6 Å². The van der Waals surface area contributed by atoms with Crippen molar-refractivity contribution < 1.29 is 9.59 Å². The number of carbonyl (C=O) groups is 2. The van der Waals surface area contributed by atoms with Gasteiger partial charge >= 0.3 is 0 Å². The van der Waals surface area contributed by atoms with Crippen LogP contribution in [-0.4, -0.2) is 11.8 Å². The fourth-order valence-corrected chi connectivity index (χ4v) is 8.56. The Bertz CT molecular complexity index is 1060. The maximum atomic E-state index is 13.2. The molecule has 218 valence electrons. The summed E-state index contributed by atoms with van der Waals surface area (Å²) in [6.07, 6.45) is 8.32. The van der Waals surface area contributed by atoms with Crippen LogP contribution in [0.5, 0.6) is 0 Å². The third-order valence-electron chi connectivity index (χ3n) is 9.16. The highest BCUT2D eigenvalue weighted by Crippen LogP contribution is 2.45. The largest absolute Gasteiger partial charge is 0.325 e. The highest BCUT2D eigenvalue weighted by Gasteiger charge is 2.33. The minimum absolute atomic E-state index is 0.0821. The maximum Gasteiger partial charge on any atom is 0.227 e. The van der Waals surface area contributed by atoms with Crippen molar-refractivity contribution >= 4 is 44.8 Å². The molecule has 2 aromatic rings. The quantitative estimate of drug-likeness (QED) is 0.320. The molecule has 0 atom stereocenters. The second-order valence-electron chi connectivity index (χ2n) is 14.0. The van der Waals surface area contributed by atoms with Crippen LogP contribution in [0.15, 0.2) is 58.3 Å². The van der Waals surface area contributed by atoms with E-state index in [0.29, 0.717) is 22.7 Å². The number of amides is 2. The summed E-state index contributed by atoms with van der Waals surface area (Å²) in [5.41, 5.74) is 2.34. The first-order chi connectivity index (χ1) is 18.9. The number of hydrogen-bond donors (Lipinski definition) is 2. The lowest BCUT2D eigenvalue weighted by molar-refractivity contribution is -0.122. The smallest absolute Gasteiger partial charge is 0.227 e. The zero-order chi connectivity index (χ0) is 28.9. The molecule has 0 unspecified atom stereocenters. The molecule has 2 saturated carbocycles. The third-order valence-corrected chi connectivity index (χ3v) is 11.6. The topological polar surface area (TPSA) is 58.2 Å². The van der Waals surface area contributed by atoms with Gasteiger partial charge in [0, 0.05) is 21.6 Å².